The first-order chi connectivity index (χ1) is 9.65. The van der Waals surface area contributed by atoms with Gasteiger partial charge in [-0.15, -0.1) is 0 Å². The molecule has 1 aliphatic carbocycles. The summed E-state index contributed by atoms with van der Waals surface area (Å²) in [5, 5.41) is 3.47. The van der Waals surface area contributed by atoms with Crippen molar-refractivity contribution in [2.24, 2.45) is 5.92 Å². The zero-order chi connectivity index (χ0) is 14.5. The van der Waals surface area contributed by atoms with Crippen LogP contribution in [0.2, 0.25) is 0 Å². The van der Waals surface area contributed by atoms with Crippen LogP contribution in [0.4, 0.5) is 5.82 Å². The molecule has 1 heterocycles. The van der Waals surface area contributed by atoms with Crippen LogP contribution in [0.25, 0.3) is 0 Å². The third-order valence-corrected chi connectivity index (χ3v) is 5.33. The lowest BCUT2D eigenvalue weighted by Gasteiger charge is -2.26. The third kappa shape index (κ3) is 3.83. The van der Waals surface area contributed by atoms with Crippen LogP contribution in [0.15, 0.2) is 0 Å². The van der Waals surface area contributed by atoms with Gasteiger partial charge < -0.3 is 5.32 Å². The fourth-order valence-corrected chi connectivity index (χ4v) is 3.62. The molecular weight excluding hydrogens is 361 g/mol. The zero-order valence-electron chi connectivity index (χ0n) is 12.9. The molecule has 1 saturated carbocycles. The Bertz CT molecular complexity index is 440. The first-order valence-electron chi connectivity index (χ1n) is 7.95. The molecule has 1 aromatic heterocycles. The standard InChI is InChI=1S/C16H26IN3/c1-4-10-18-16-14(17)13(5-2)19-15(20-16)12-8-6-11(3)7-9-12/h11-12H,4-10H2,1-3H3,(H,18,19,20). The SMILES string of the molecule is CCCNc1nc(C2CCC(C)CC2)nc(CC)c1I. The van der Waals surface area contributed by atoms with Gasteiger partial charge in [0.2, 0.25) is 0 Å². The lowest BCUT2D eigenvalue weighted by molar-refractivity contribution is 0.339. The Kier molecular flexibility index (Phi) is 6.05. The number of nitrogens with one attached hydrogen (secondary N) is 1. The minimum absolute atomic E-state index is 0.565. The van der Waals surface area contributed by atoms with Gasteiger partial charge in [0.05, 0.1) is 9.26 Å². The van der Waals surface area contributed by atoms with Gasteiger partial charge in [-0.2, -0.15) is 0 Å². The van der Waals surface area contributed by atoms with E-state index in [-0.39, 0.29) is 0 Å². The Labute approximate surface area is 136 Å². The molecule has 0 aliphatic heterocycles. The van der Waals surface area contributed by atoms with Gasteiger partial charge in [-0.05, 0) is 54.2 Å². The van der Waals surface area contributed by atoms with Crippen molar-refractivity contribution in [2.75, 3.05) is 11.9 Å². The number of aromatic nitrogens is 2. The first kappa shape index (κ1) is 16.0. The van der Waals surface area contributed by atoms with Crippen LogP contribution in [0.5, 0.6) is 0 Å². The minimum atomic E-state index is 0.565. The van der Waals surface area contributed by atoms with Crippen molar-refractivity contribution in [3.8, 4) is 0 Å². The maximum absolute atomic E-state index is 4.85. The summed E-state index contributed by atoms with van der Waals surface area (Å²) in [5.41, 5.74) is 1.20. The normalized spacial score (nSPS) is 22.8. The van der Waals surface area contributed by atoms with E-state index in [0.717, 1.165) is 36.9 Å². The molecule has 20 heavy (non-hydrogen) atoms. The Morgan fingerprint density at radius 1 is 1.15 bits per heavy atom. The van der Waals surface area contributed by atoms with Gasteiger partial charge in [0, 0.05) is 12.5 Å². The summed E-state index contributed by atoms with van der Waals surface area (Å²) in [6, 6.07) is 0. The Balaban J connectivity index is 2.23. The molecule has 2 rings (SSSR count). The highest BCUT2D eigenvalue weighted by molar-refractivity contribution is 14.1. The molecule has 0 radical (unpaired) electrons. The van der Waals surface area contributed by atoms with Crippen LogP contribution < -0.4 is 5.32 Å². The van der Waals surface area contributed by atoms with Gasteiger partial charge >= 0.3 is 0 Å². The van der Waals surface area contributed by atoms with E-state index < -0.39 is 0 Å². The largest absolute Gasteiger partial charge is 0.369 e. The number of hydrogen-bond donors (Lipinski definition) is 1. The average Bonchev–Trinajstić information content (AvgIpc) is 2.47. The van der Waals surface area contributed by atoms with E-state index in [1.165, 1.54) is 34.9 Å². The first-order valence-corrected chi connectivity index (χ1v) is 9.03. The lowest BCUT2D eigenvalue weighted by atomic mass is 9.82. The molecule has 4 heteroatoms. The molecule has 0 atom stereocenters. The van der Waals surface area contributed by atoms with E-state index in [4.69, 9.17) is 9.97 Å². The monoisotopic (exact) mass is 387 g/mol. The van der Waals surface area contributed by atoms with Crippen molar-refractivity contribution in [1.82, 2.24) is 9.97 Å². The number of halogens is 1. The van der Waals surface area contributed by atoms with Gasteiger partial charge in [-0.25, -0.2) is 9.97 Å². The van der Waals surface area contributed by atoms with Gasteiger partial charge in [0.1, 0.15) is 11.6 Å². The number of anilines is 1. The van der Waals surface area contributed by atoms with E-state index in [2.05, 4.69) is 48.7 Å². The number of rotatable bonds is 5. The van der Waals surface area contributed by atoms with Gasteiger partial charge in [0.15, 0.2) is 0 Å². The van der Waals surface area contributed by atoms with Crippen LogP contribution >= 0.6 is 22.6 Å². The smallest absolute Gasteiger partial charge is 0.143 e. The summed E-state index contributed by atoms with van der Waals surface area (Å²) in [5.74, 6) is 3.56. The van der Waals surface area contributed by atoms with E-state index in [1.807, 2.05) is 0 Å². The lowest BCUT2D eigenvalue weighted by Crippen LogP contribution is -2.17. The molecule has 1 aliphatic rings. The molecule has 0 amide bonds. The molecule has 3 nitrogen and oxygen atoms in total. The molecule has 0 saturated heterocycles. The zero-order valence-corrected chi connectivity index (χ0v) is 15.0. The fraction of sp³-hybridized carbons (Fsp3) is 0.750. The van der Waals surface area contributed by atoms with Gasteiger partial charge in [-0.1, -0.05) is 33.6 Å². The average molecular weight is 387 g/mol. The van der Waals surface area contributed by atoms with Crippen molar-refractivity contribution >= 4 is 28.4 Å². The van der Waals surface area contributed by atoms with E-state index >= 15 is 0 Å². The Morgan fingerprint density at radius 2 is 1.85 bits per heavy atom. The summed E-state index contributed by atoms with van der Waals surface area (Å²) in [7, 11) is 0. The van der Waals surface area contributed by atoms with E-state index in [1.54, 1.807) is 0 Å². The van der Waals surface area contributed by atoms with Crippen LogP contribution in [0.3, 0.4) is 0 Å². The molecule has 0 bridgehead atoms. The highest BCUT2D eigenvalue weighted by Crippen LogP contribution is 2.35. The molecule has 112 valence electrons. The maximum Gasteiger partial charge on any atom is 0.143 e. The second kappa shape index (κ2) is 7.57. The van der Waals surface area contributed by atoms with Crippen molar-refractivity contribution in [1.29, 1.82) is 0 Å². The number of nitrogens with zero attached hydrogens (tertiary/aromatic N) is 2. The highest BCUT2D eigenvalue weighted by Gasteiger charge is 2.23. The molecule has 1 aromatic rings. The van der Waals surface area contributed by atoms with Crippen molar-refractivity contribution in [3.05, 3.63) is 15.1 Å². The van der Waals surface area contributed by atoms with Crippen LogP contribution in [-0.4, -0.2) is 16.5 Å². The number of hydrogen-bond acceptors (Lipinski definition) is 3. The van der Waals surface area contributed by atoms with Crippen molar-refractivity contribution < 1.29 is 0 Å². The summed E-state index contributed by atoms with van der Waals surface area (Å²) >= 11 is 2.38. The Morgan fingerprint density at radius 3 is 2.45 bits per heavy atom. The minimum Gasteiger partial charge on any atom is -0.369 e. The van der Waals surface area contributed by atoms with Crippen LogP contribution in [0, 0.1) is 9.49 Å². The van der Waals surface area contributed by atoms with Crippen molar-refractivity contribution in [2.45, 2.75) is 65.2 Å². The van der Waals surface area contributed by atoms with E-state index in [9.17, 15) is 0 Å². The summed E-state index contributed by atoms with van der Waals surface area (Å²) in [6.07, 6.45) is 7.24. The maximum atomic E-state index is 4.85. The van der Waals surface area contributed by atoms with Crippen molar-refractivity contribution in [3.63, 3.8) is 0 Å². The topological polar surface area (TPSA) is 37.8 Å². The summed E-state index contributed by atoms with van der Waals surface area (Å²) in [4.78, 5) is 9.69. The molecule has 0 spiro atoms. The molecule has 1 N–H and O–H groups in total. The predicted molar refractivity (Wildman–Crippen MR) is 93.3 cm³/mol. The second-order valence-corrected chi connectivity index (χ2v) is 7.01. The van der Waals surface area contributed by atoms with E-state index in [0.29, 0.717) is 5.92 Å². The summed E-state index contributed by atoms with van der Waals surface area (Å²) in [6.45, 7) is 7.71. The molecular formula is C16H26IN3. The number of aryl methyl sites for hydroxylation is 1. The molecule has 0 unspecified atom stereocenters. The van der Waals surface area contributed by atoms with Gasteiger partial charge in [0.25, 0.3) is 0 Å². The third-order valence-electron chi connectivity index (χ3n) is 4.20. The van der Waals surface area contributed by atoms with Crippen LogP contribution in [-0.2, 0) is 6.42 Å². The molecule has 1 fully saturated rings. The summed E-state index contributed by atoms with van der Waals surface area (Å²) < 4.78 is 1.20. The highest BCUT2D eigenvalue weighted by atomic mass is 127. The Hall–Kier alpha value is -0.390. The predicted octanol–water partition coefficient (Wildman–Crippen LogP) is 4.76. The molecule has 0 aromatic carbocycles. The van der Waals surface area contributed by atoms with Gasteiger partial charge in [-0.3, -0.25) is 0 Å². The van der Waals surface area contributed by atoms with Crippen LogP contribution in [0.1, 0.15) is 70.3 Å². The fourth-order valence-electron chi connectivity index (χ4n) is 2.81. The second-order valence-electron chi connectivity index (χ2n) is 5.93. The quantitative estimate of drug-likeness (QED) is 0.741.